The van der Waals surface area contributed by atoms with Crippen molar-refractivity contribution in [3.05, 3.63) is 23.8 Å². The van der Waals surface area contributed by atoms with Crippen molar-refractivity contribution in [2.24, 2.45) is 0 Å². The molecule has 0 aromatic heterocycles. The third-order valence-corrected chi connectivity index (χ3v) is 1.78. The van der Waals surface area contributed by atoms with Crippen LogP contribution < -0.4 is 11.1 Å². The molecule has 0 aliphatic rings. The second-order valence-corrected chi connectivity index (χ2v) is 2.97. The quantitative estimate of drug-likeness (QED) is 0.561. The number of esters is 1. The van der Waals surface area contributed by atoms with Crippen LogP contribution in [0.5, 0.6) is 0 Å². The molecule has 0 aliphatic heterocycles. The van der Waals surface area contributed by atoms with Crippen LogP contribution in [-0.4, -0.2) is 19.0 Å². The molecule has 1 rings (SSSR count). The Kier molecular flexibility index (Phi) is 3.28. The third kappa shape index (κ3) is 2.70. The summed E-state index contributed by atoms with van der Waals surface area (Å²) in [6, 6.07) is 4.63. The molecular formula is C10H12N2O3. The van der Waals surface area contributed by atoms with Gasteiger partial charge in [0.25, 0.3) is 0 Å². The van der Waals surface area contributed by atoms with Crippen molar-refractivity contribution in [2.75, 3.05) is 18.2 Å². The van der Waals surface area contributed by atoms with Gasteiger partial charge in [-0.1, -0.05) is 0 Å². The number of hydrogen-bond acceptors (Lipinski definition) is 4. The summed E-state index contributed by atoms with van der Waals surface area (Å²) in [7, 11) is 1.27. The molecule has 0 unspecified atom stereocenters. The zero-order chi connectivity index (χ0) is 11.4. The molecule has 0 fully saturated rings. The van der Waals surface area contributed by atoms with Crippen LogP contribution >= 0.6 is 0 Å². The highest BCUT2D eigenvalue weighted by Gasteiger charge is 2.10. The minimum atomic E-state index is -0.528. The number of ether oxygens (including phenoxy) is 1. The standard InChI is InChI=1S/C10H12N2O3/c1-6(13)12-7-3-4-9(11)8(5-7)10(14)15-2/h3-5H,11H2,1-2H3,(H,12,13). The van der Waals surface area contributed by atoms with E-state index < -0.39 is 5.97 Å². The van der Waals surface area contributed by atoms with Crippen LogP contribution in [0.3, 0.4) is 0 Å². The van der Waals surface area contributed by atoms with Crippen LogP contribution in [0.15, 0.2) is 18.2 Å². The molecule has 1 amide bonds. The highest BCUT2D eigenvalue weighted by molar-refractivity contribution is 5.97. The molecule has 80 valence electrons. The first-order valence-electron chi connectivity index (χ1n) is 4.30. The van der Waals surface area contributed by atoms with Gasteiger partial charge in [0.2, 0.25) is 5.91 Å². The Morgan fingerprint density at radius 1 is 1.40 bits per heavy atom. The number of carbonyl (C=O) groups is 2. The summed E-state index contributed by atoms with van der Waals surface area (Å²) >= 11 is 0. The zero-order valence-corrected chi connectivity index (χ0v) is 8.53. The van der Waals surface area contributed by atoms with Crippen molar-refractivity contribution >= 4 is 23.3 Å². The summed E-state index contributed by atoms with van der Waals surface area (Å²) in [4.78, 5) is 22.0. The lowest BCUT2D eigenvalue weighted by Crippen LogP contribution is -2.09. The number of hydrogen-bond donors (Lipinski definition) is 2. The van der Waals surface area contributed by atoms with E-state index in [2.05, 4.69) is 10.1 Å². The van der Waals surface area contributed by atoms with Crippen LogP contribution in [0.25, 0.3) is 0 Å². The summed E-state index contributed by atoms with van der Waals surface area (Å²) in [5.74, 6) is -0.740. The van der Waals surface area contributed by atoms with Crippen molar-refractivity contribution < 1.29 is 14.3 Å². The smallest absolute Gasteiger partial charge is 0.340 e. The average molecular weight is 208 g/mol. The van der Waals surface area contributed by atoms with Crippen LogP contribution in [0.2, 0.25) is 0 Å². The molecule has 1 aromatic carbocycles. The van der Waals surface area contributed by atoms with Crippen molar-refractivity contribution in [1.29, 1.82) is 0 Å². The number of nitrogen functional groups attached to an aromatic ring is 1. The molecule has 5 nitrogen and oxygen atoms in total. The SMILES string of the molecule is COC(=O)c1cc(NC(C)=O)ccc1N. The molecule has 0 saturated carbocycles. The van der Waals surface area contributed by atoms with Crippen LogP contribution in [0.4, 0.5) is 11.4 Å². The Morgan fingerprint density at radius 2 is 2.07 bits per heavy atom. The van der Waals surface area contributed by atoms with Crippen LogP contribution in [-0.2, 0) is 9.53 Å². The second kappa shape index (κ2) is 4.45. The predicted octanol–water partition coefficient (Wildman–Crippen LogP) is 1.01. The van der Waals surface area contributed by atoms with Crippen molar-refractivity contribution in [2.45, 2.75) is 6.92 Å². The maximum atomic E-state index is 11.3. The molecule has 0 heterocycles. The molecule has 5 heteroatoms. The van der Waals surface area contributed by atoms with Gasteiger partial charge in [0.1, 0.15) is 0 Å². The van der Waals surface area contributed by atoms with E-state index >= 15 is 0 Å². The predicted molar refractivity (Wildman–Crippen MR) is 56.5 cm³/mol. The van der Waals surface area contributed by atoms with Crippen molar-refractivity contribution in [3.8, 4) is 0 Å². The van der Waals surface area contributed by atoms with Gasteiger partial charge in [-0.2, -0.15) is 0 Å². The normalized spacial score (nSPS) is 9.47. The number of methoxy groups -OCH3 is 1. The first kappa shape index (κ1) is 11.0. The second-order valence-electron chi connectivity index (χ2n) is 2.97. The maximum Gasteiger partial charge on any atom is 0.340 e. The number of carbonyl (C=O) groups excluding carboxylic acids is 2. The first-order valence-corrected chi connectivity index (χ1v) is 4.30. The highest BCUT2D eigenvalue weighted by Crippen LogP contribution is 2.18. The summed E-state index contributed by atoms with van der Waals surface area (Å²) in [5, 5.41) is 2.55. The van der Waals surface area contributed by atoms with E-state index in [0.29, 0.717) is 11.4 Å². The van der Waals surface area contributed by atoms with E-state index in [1.165, 1.54) is 26.2 Å². The van der Waals surface area contributed by atoms with Gasteiger partial charge in [0.05, 0.1) is 12.7 Å². The topological polar surface area (TPSA) is 81.4 Å². The van der Waals surface area contributed by atoms with Gasteiger partial charge < -0.3 is 15.8 Å². The number of nitrogens with one attached hydrogen (secondary N) is 1. The summed E-state index contributed by atoms with van der Waals surface area (Å²) in [6.07, 6.45) is 0. The van der Waals surface area contributed by atoms with E-state index in [-0.39, 0.29) is 11.5 Å². The lowest BCUT2D eigenvalue weighted by Gasteiger charge is -2.07. The fourth-order valence-corrected chi connectivity index (χ4v) is 1.12. The molecule has 0 atom stereocenters. The Morgan fingerprint density at radius 3 is 2.60 bits per heavy atom. The maximum absolute atomic E-state index is 11.3. The summed E-state index contributed by atoms with van der Waals surface area (Å²) in [6.45, 7) is 1.38. The molecule has 0 aliphatic carbocycles. The van der Waals surface area contributed by atoms with Gasteiger partial charge in [0.15, 0.2) is 0 Å². The monoisotopic (exact) mass is 208 g/mol. The Balaban J connectivity index is 3.05. The highest BCUT2D eigenvalue weighted by atomic mass is 16.5. The van der Waals surface area contributed by atoms with E-state index in [1.807, 2.05) is 0 Å². The minimum absolute atomic E-state index is 0.212. The molecule has 1 aromatic rings. The number of nitrogens with two attached hydrogens (primary N) is 1. The third-order valence-electron chi connectivity index (χ3n) is 1.78. The van der Waals surface area contributed by atoms with Gasteiger partial charge in [-0.3, -0.25) is 4.79 Å². The molecule has 0 radical (unpaired) electrons. The van der Waals surface area contributed by atoms with Gasteiger partial charge >= 0.3 is 5.97 Å². The molecule has 0 spiro atoms. The van der Waals surface area contributed by atoms with E-state index in [9.17, 15) is 9.59 Å². The van der Waals surface area contributed by atoms with Gasteiger partial charge in [-0.15, -0.1) is 0 Å². The summed E-state index contributed by atoms with van der Waals surface area (Å²) < 4.78 is 4.55. The van der Waals surface area contributed by atoms with E-state index in [1.54, 1.807) is 6.07 Å². The minimum Gasteiger partial charge on any atom is -0.465 e. The average Bonchev–Trinajstić information content (AvgIpc) is 2.19. The van der Waals surface area contributed by atoms with E-state index in [0.717, 1.165) is 0 Å². The largest absolute Gasteiger partial charge is 0.465 e. The summed E-state index contributed by atoms with van der Waals surface area (Å²) in [5.41, 5.74) is 6.65. The van der Waals surface area contributed by atoms with Crippen LogP contribution in [0, 0.1) is 0 Å². The molecular weight excluding hydrogens is 196 g/mol. The van der Waals surface area contributed by atoms with Crippen molar-refractivity contribution in [1.82, 2.24) is 0 Å². The molecule has 0 bridgehead atoms. The Bertz CT molecular complexity index is 402. The molecule has 15 heavy (non-hydrogen) atoms. The number of anilines is 2. The van der Waals surface area contributed by atoms with Crippen LogP contribution in [0.1, 0.15) is 17.3 Å². The lowest BCUT2D eigenvalue weighted by molar-refractivity contribution is -0.114. The zero-order valence-electron chi connectivity index (χ0n) is 8.53. The first-order chi connectivity index (χ1) is 7.04. The lowest BCUT2D eigenvalue weighted by atomic mass is 10.1. The van der Waals surface area contributed by atoms with Gasteiger partial charge in [0, 0.05) is 18.3 Å². The van der Waals surface area contributed by atoms with Gasteiger partial charge in [-0.05, 0) is 18.2 Å². The number of benzene rings is 1. The Hall–Kier alpha value is -2.04. The molecule has 3 N–H and O–H groups in total. The fraction of sp³-hybridized carbons (Fsp3) is 0.200. The van der Waals surface area contributed by atoms with E-state index in [4.69, 9.17) is 5.73 Å². The fourth-order valence-electron chi connectivity index (χ4n) is 1.12. The van der Waals surface area contributed by atoms with Crippen molar-refractivity contribution in [3.63, 3.8) is 0 Å². The Labute approximate surface area is 87.2 Å². The number of rotatable bonds is 2. The number of amides is 1. The molecule has 0 saturated heterocycles. The van der Waals surface area contributed by atoms with Gasteiger partial charge in [-0.25, -0.2) is 4.79 Å².